The fourth-order valence-electron chi connectivity index (χ4n) is 1.63. The second-order valence-electron chi connectivity index (χ2n) is 4.08. The van der Waals surface area contributed by atoms with Gasteiger partial charge in [-0.25, -0.2) is 0 Å². The van der Waals surface area contributed by atoms with Crippen LogP contribution in [0.1, 0.15) is 5.56 Å². The van der Waals surface area contributed by atoms with Gasteiger partial charge in [-0.15, -0.1) is 0 Å². The van der Waals surface area contributed by atoms with Crippen LogP contribution in [0, 0.1) is 0 Å². The highest BCUT2D eigenvalue weighted by Crippen LogP contribution is 2.07. The van der Waals surface area contributed by atoms with Crippen molar-refractivity contribution in [1.29, 1.82) is 0 Å². The third kappa shape index (κ3) is 3.81. The number of nitrogens with two attached hydrogens (primary N) is 1. The summed E-state index contributed by atoms with van der Waals surface area (Å²) in [6.07, 6.45) is 6.93. The zero-order valence-electron chi connectivity index (χ0n) is 10.4. The summed E-state index contributed by atoms with van der Waals surface area (Å²) >= 11 is 0. The number of aliphatic hydroxyl groups is 1. The van der Waals surface area contributed by atoms with Crippen LogP contribution in [0.3, 0.4) is 0 Å². The second kappa shape index (κ2) is 6.01. The number of anilines is 1. The predicted octanol–water partition coefficient (Wildman–Crippen LogP) is -0.831. The molecule has 0 saturated carbocycles. The summed E-state index contributed by atoms with van der Waals surface area (Å²) in [5, 5.41) is 20.0. The van der Waals surface area contributed by atoms with Crippen LogP contribution in [0.15, 0.2) is 24.8 Å². The van der Waals surface area contributed by atoms with Gasteiger partial charge in [-0.2, -0.15) is 10.2 Å². The lowest BCUT2D eigenvalue weighted by Crippen LogP contribution is -2.18. The number of hydrogen-bond donors (Lipinski definition) is 3. The average Bonchev–Trinajstić information content (AvgIpc) is 2.96. The van der Waals surface area contributed by atoms with E-state index in [0.29, 0.717) is 13.1 Å². The normalized spacial score (nSPS) is 10.6. The molecule has 0 aliphatic carbocycles. The number of nitrogens with zero attached hydrogens (tertiary/aromatic N) is 4. The molecular weight excluding hydrogens is 248 g/mol. The van der Waals surface area contributed by atoms with Crippen molar-refractivity contribution in [2.24, 2.45) is 5.73 Å². The molecule has 0 bridgehead atoms. The minimum Gasteiger partial charge on any atom is -0.394 e. The van der Waals surface area contributed by atoms with Crippen molar-refractivity contribution in [3.8, 4) is 0 Å². The SMILES string of the molecule is NC(=O)Cn1cc(NCc2cnn(CCO)c2)cn1. The third-order valence-electron chi connectivity index (χ3n) is 2.46. The predicted molar refractivity (Wildman–Crippen MR) is 68.1 cm³/mol. The molecule has 0 aliphatic rings. The first-order chi connectivity index (χ1) is 9.17. The summed E-state index contributed by atoms with van der Waals surface area (Å²) in [7, 11) is 0. The van der Waals surface area contributed by atoms with Crippen molar-refractivity contribution < 1.29 is 9.90 Å². The number of primary amides is 1. The molecule has 2 aromatic rings. The van der Waals surface area contributed by atoms with Gasteiger partial charge < -0.3 is 16.2 Å². The Bertz CT molecular complexity index is 547. The Morgan fingerprint density at radius 1 is 1.32 bits per heavy atom. The highest BCUT2D eigenvalue weighted by Gasteiger charge is 2.02. The monoisotopic (exact) mass is 264 g/mol. The molecule has 2 rings (SSSR count). The maximum atomic E-state index is 10.7. The first-order valence-corrected chi connectivity index (χ1v) is 5.84. The van der Waals surface area contributed by atoms with E-state index in [1.54, 1.807) is 23.3 Å². The molecule has 0 unspecified atom stereocenters. The number of carbonyl (C=O) groups excluding carboxylic acids is 1. The lowest BCUT2D eigenvalue weighted by molar-refractivity contribution is -0.118. The number of carbonyl (C=O) groups is 1. The molecule has 2 heterocycles. The van der Waals surface area contributed by atoms with Crippen molar-refractivity contribution in [3.63, 3.8) is 0 Å². The van der Waals surface area contributed by atoms with E-state index in [1.807, 2.05) is 6.20 Å². The molecule has 8 heteroatoms. The highest BCUT2D eigenvalue weighted by molar-refractivity contribution is 5.73. The van der Waals surface area contributed by atoms with E-state index in [4.69, 9.17) is 10.8 Å². The lowest BCUT2D eigenvalue weighted by Gasteiger charge is -2.00. The van der Waals surface area contributed by atoms with Gasteiger partial charge in [0.2, 0.25) is 5.91 Å². The van der Waals surface area contributed by atoms with Crippen molar-refractivity contribution >= 4 is 11.6 Å². The Kier molecular flexibility index (Phi) is 4.14. The van der Waals surface area contributed by atoms with Gasteiger partial charge in [0.05, 0.1) is 31.2 Å². The fourth-order valence-corrected chi connectivity index (χ4v) is 1.63. The Hall–Kier alpha value is -2.35. The highest BCUT2D eigenvalue weighted by atomic mass is 16.3. The van der Waals surface area contributed by atoms with Gasteiger partial charge in [0.15, 0.2) is 0 Å². The number of aliphatic hydroxyl groups excluding tert-OH is 1. The molecule has 4 N–H and O–H groups in total. The fraction of sp³-hybridized carbons (Fsp3) is 0.364. The molecular formula is C11H16N6O2. The van der Waals surface area contributed by atoms with Gasteiger partial charge in [0.25, 0.3) is 0 Å². The first-order valence-electron chi connectivity index (χ1n) is 5.84. The second-order valence-corrected chi connectivity index (χ2v) is 4.08. The third-order valence-corrected chi connectivity index (χ3v) is 2.46. The van der Waals surface area contributed by atoms with E-state index >= 15 is 0 Å². The van der Waals surface area contributed by atoms with Crippen molar-refractivity contribution in [2.45, 2.75) is 19.6 Å². The largest absolute Gasteiger partial charge is 0.394 e. The molecule has 1 amide bonds. The number of aromatic nitrogens is 4. The Balaban J connectivity index is 1.87. The van der Waals surface area contributed by atoms with Gasteiger partial charge >= 0.3 is 0 Å². The summed E-state index contributed by atoms with van der Waals surface area (Å²) in [4.78, 5) is 10.7. The molecule has 2 aromatic heterocycles. The topological polar surface area (TPSA) is 111 Å². The summed E-state index contributed by atoms with van der Waals surface area (Å²) < 4.78 is 3.15. The zero-order valence-corrected chi connectivity index (χ0v) is 10.4. The van der Waals surface area contributed by atoms with Gasteiger partial charge in [0, 0.05) is 24.5 Å². The quantitative estimate of drug-likeness (QED) is 0.604. The van der Waals surface area contributed by atoms with Crippen molar-refractivity contribution in [1.82, 2.24) is 19.6 Å². The molecule has 0 aliphatic heterocycles. The summed E-state index contributed by atoms with van der Waals surface area (Å²) in [5.74, 6) is -0.431. The molecule has 19 heavy (non-hydrogen) atoms. The Labute approximate surface area is 109 Å². The van der Waals surface area contributed by atoms with Crippen LogP contribution in [-0.4, -0.2) is 37.2 Å². The standard InChI is InChI=1S/C11H16N6O2/c12-11(19)8-17-7-10(5-15-17)13-3-9-4-14-16(6-9)1-2-18/h4-7,13,18H,1-3,8H2,(H2,12,19). The number of rotatable bonds is 7. The van der Waals surface area contributed by atoms with Crippen LogP contribution in [0.5, 0.6) is 0 Å². The molecule has 0 aromatic carbocycles. The molecule has 0 spiro atoms. The van der Waals surface area contributed by atoms with Crippen LogP contribution in [0.25, 0.3) is 0 Å². The smallest absolute Gasteiger partial charge is 0.239 e. The van der Waals surface area contributed by atoms with Gasteiger partial charge in [-0.05, 0) is 0 Å². The van der Waals surface area contributed by atoms with E-state index < -0.39 is 5.91 Å². The average molecular weight is 264 g/mol. The van der Waals surface area contributed by atoms with Crippen LogP contribution < -0.4 is 11.1 Å². The maximum Gasteiger partial charge on any atom is 0.239 e. The molecule has 0 saturated heterocycles. The Morgan fingerprint density at radius 3 is 2.84 bits per heavy atom. The molecule has 102 valence electrons. The first kappa shape index (κ1) is 13.1. The van der Waals surface area contributed by atoms with Gasteiger partial charge in [0.1, 0.15) is 6.54 Å². The van der Waals surface area contributed by atoms with Crippen molar-refractivity contribution in [2.75, 3.05) is 11.9 Å². The molecule has 8 nitrogen and oxygen atoms in total. The minimum atomic E-state index is -0.431. The van der Waals surface area contributed by atoms with E-state index in [0.717, 1.165) is 11.3 Å². The van der Waals surface area contributed by atoms with Crippen LogP contribution >= 0.6 is 0 Å². The lowest BCUT2D eigenvalue weighted by atomic mass is 10.3. The summed E-state index contributed by atoms with van der Waals surface area (Å²) in [6, 6.07) is 0. The van der Waals surface area contributed by atoms with Crippen molar-refractivity contribution in [3.05, 3.63) is 30.4 Å². The Morgan fingerprint density at radius 2 is 2.11 bits per heavy atom. The summed E-state index contributed by atoms with van der Waals surface area (Å²) in [6.45, 7) is 1.20. The van der Waals surface area contributed by atoms with E-state index in [2.05, 4.69) is 15.5 Å². The number of amides is 1. The minimum absolute atomic E-state index is 0.0639. The van der Waals surface area contributed by atoms with Crippen LogP contribution in [0.4, 0.5) is 5.69 Å². The molecule has 0 atom stereocenters. The molecule has 0 radical (unpaired) electrons. The molecule has 0 fully saturated rings. The van der Waals surface area contributed by atoms with Crippen LogP contribution in [-0.2, 0) is 24.4 Å². The zero-order chi connectivity index (χ0) is 13.7. The maximum absolute atomic E-state index is 10.7. The van der Waals surface area contributed by atoms with E-state index in [9.17, 15) is 4.79 Å². The van der Waals surface area contributed by atoms with E-state index in [1.165, 1.54) is 4.68 Å². The summed E-state index contributed by atoms with van der Waals surface area (Å²) in [5.41, 5.74) is 6.88. The number of hydrogen-bond acceptors (Lipinski definition) is 5. The van der Waals surface area contributed by atoms with Gasteiger partial charge in [-0.1, -0.05) is 0 Å². The van der Waals surface area contributed by atoms with E-state index in [-0.39, 0.29) is 13.2 Å². The van der Waals surface area contributed by atoms with Crippen LogP contribution in [0.2, 0.25) is 0 Å². The number of nitrogens with one attached hydrogen (secondary N) is 1. The van der Waals surface area contributed by atoms with Gasteiger partial charge in [-0.3, -0.25) is 14.2 Å².